The predicted octanol–water partition coefficient (Wildman–Crippen LogP) is 2.49. The van der Waals surface area contributed by atoms with E-state index in [1.54, 1.807) is 13.8 Å². The molecule has 0 atom stereocenters. The predicted molar refractivity (Wildman–Crippen MR) is 101 cm³/mol. The molecule has 0 aliphatic carbocycles. The Balaban J connectivity index is 1.86. The van der Waals surface area contributed by atoms with Crippen LogP contribution in [0.15, 0.2) is 53.4 Å². The molecule has 0 unspecified atom stereocenters. The van der Waals surface area contributed by atoms with Gasteiger partial charge in [0.25, 0.3) is 5.91 Å². The van der Waals surface area contributed by atoms with Crippen LogP contribution in [0.2, 0.25) is 0 Å². The van der Waals surface area contributed by atoms with Crippen LogP contribution in [-0.2, 0) is 10.0 Å². The molecule has 1 amide bonds. The highest BCUT2D eigenvalue weighted by Gasteiger charge is 2.15. The molecule has 2 aromatic carbocycles. The lowest BCUT2D eigenvalue weighted by atomic mass is 10.2. The van der Waals surface area contributed by atoms with Crippen LogP contribution in [0.4, 0.5) is 0 Å². The zero-order chi connectivity index (χ0) is 19.2. The monoisotopic (exact) mass is 376 g/mol. The van der Waals surface area contributed by atoms with Crippen molar-refractivity contribution in [2.75, 3.05) is 13.2 Å². The van der Waals surface area contributed by atoms with E-state index in [4.69, 9.17) is 4.74 Å². The summed E-state index contributed by atoms with van der Waals surface area (Å²) < 4.78 is 32.2. The van der Waals surface area contributed by atoms with E-state index in [-0.39, 0.29) is 16.8 Å². The second-order valence-corrected chi connectivity index (χ2v) is 7.94. The highest BCUT2D eigenvalue weighted by molar-refractivity contribution is 7.89. The summed E-state index contributed by atoms with van der Waals surface area (Å²) >= 11 is 0. The van der Waals surface area contributed by atoms with Crippen LogP contribution >= 0.6 is 0 Å². The van der Waals surface area contributed by atoms with Gasteiger partial charge in [-0.2, -0.15) is 0 Å². The number of amides is 1. The van der Waals surface area contributed by atoms with Crippen molar-refractivity contribution in [1.29, 1.82) is 0 Å². The number of hydrogen-bond acceptors (Lipinski definition) is 4. The lowest BCUT2D eigenvalue weighted by molar-refractivity contribution is 0.0947. The Labute approximate surface area is 154 Å². The molecule has 2 aromatic rings. The molecule has 0 aromatic heterocycles. The minimum Gasteiger partial charge on any atom is -0.492 e. The molecule has 140 valence electrons. The van der Waals surface area contributed by atoms with Gasteiger partial charge in [0.1, 0.15) is 12.4 Å². The summed E-state index contributed by atoms with van der Waals surface area (Å²) in [4.78, 5) is 12.2. The van der Waals surface area contributed by atoms with Gasteiger partial charge in [0.05, 0.1) is 11.4 Å². The Bertz CT molecular complexity index is 846. The minimum absolute atomic E-state index is 0.130. The van der Waals surface area contributed by atoms with Gasteiger partial charge >= 0.3 is 0 Å². The van der Waals surface area contributed by atoms with E-state index >= 15 is 0 Å². The molecule has 0 aliphatic heterocycles. The number of ether oxygens (including phenoxy) is 1. The summed E-state index contributed by atoms with van der Waals surface area (Å²) in [7, 11) is -3.56. The summed E-state index contributed by atoms with van der Waals surface area (Å²) in [6.45, 7) is 6.17. The van der Waals surface area contributed by atoms with E-state index in [0.29, 0.717) is 18.7 Å². The molecule has 0 fully saturated rings. The number of sulfonamides is 1. The molecular formula is C19H24N2O4S. The molecule has 6 nitrogen and oxygen atoms in total. The molecule has 0 saturated heterocycles. The summed E-state index contributed by atoms with van der Waals surface area (Å²) in [6.07, 6.45) is 0. The lowest BCUT2D eigenvalue weighted by Crippen LogP contribution is -2.30. The highest BCUT2D eigenvalue weighted by atomic mass is 32.2. The zero-order valence-corrected chi connectivity index (χ0v) is 16.0. The Morgan fingerprint density at radius 1 is 1.12 bits per heavy atom. The van der Waals surface area contributed by atoms with Crippen molar-refractivity contribution in [3.05, 3.63) is 59.7 Å². The van der Waals surface area contributed by atoms with E-state index in [9.17, 15) is 13.2 Å². The molecule has 0 radical (unpaired) electrons. The number of benzene rings is 2. The van der Waals surface area contributed by atoms with Crippen molar-refractivity contribution in [2.24, 2.45) is 0 Å². The number of hydrogen-bond donors (Lipinski definition) is 2. The first-order valence-electron chi connectivity index (χ1n) is 8.38. The Kier molecular flexibility index (Phi) is 6.76. The number of carbonyl (C=O) groups is 1. The summed E-state index contributed by atoms with van der Waals surface area (Å²) in [5.41, 5.74) is 1.50. The molecule has 7 heteroatoms. The third-order valence-corrected chi connectivity index (χ3v) is 5.14. The molecule has 2 N–H and O–H groups in total. The smallest absolute Gasteiger partial charge is 0.251 e. The fraction of sp³-hybridized carbons (Fsp3) is 0.316. The molecule has 0 heterocycles. The SMILES string of the molecule is Cc1cccc(OCCNC(=O)c2ccc(S(=O)(=O)NC(C)C)cc2)c1. The van der Waals surface area contributed by atoms with E-state index in [2.05, 4.69) is 10.0 Å². The number of aryl methyl sites for hydroxylation is 1. The largest absolute Gasteiger partial charge is 0.492 e. The first-order valence-corrected chi connectivity index (χ1v) is 9.86. The standard InChI is InChI=1S/C19H24N2O4S/c1-14(2)21-26(23,24)18-9-7-16(8-10-18)19(22)20-11-12-25-17-6-4-5-15(3)13-17/h4-10,13-14,21H,11-12H2,1-3H3,(H,20,22). The average Bonchev–Trinajstić information content (AvgIpc) is 2.57. The number of carbonyl (C=O) groups excluding carboxylic acids is 1. The number of nitrogens with one attached hydrogen (secondary N) is 2. The van der Waals surface area contributed by atoms with Gasteiger partial charge in [-0.05, 0) is 62.7 Å². The highest BCUT2D eigenvalue weighted by Crippen LogP contribution is 2.12. The van der Waals surface area contributed by atoms with E-state index < -0.39 is 10.0 Å². The van der Waals surface area contributed by atoms with Crippen LogP contribution < -0.4 is 14.8 Å². The maximum absolute atomic E-state index is 12.1. The van der Waals surface area contributed by atoms with Crippen LogP contribution in [0.5, 0.6) is 5.75 Å². The summed E-state index contributed by atoms with van der Waals surface area (Å²) in [6, 6.07) is 13.3. The normalized spacial score (nSPS) is 11.4. The first-order chi connectivity index (χ1) is 12.3. The van der Waals surface area contributed by atoms with E-state index in [1.807, 2.05) is 31.2 Å². The van der Waals surface area contributed by atoms with Crippen molar-refractivity contribution >= 4 is 15.9 Å². The second-order valence-electron chi connectivity index (χ2n) is 6.22. The van der Waals surface area contributed by atoms with Crippen molar-refractivity contribution < 1.29 is 17.9 Å². The van der Waals surface area contributed by atoms with Gasteiger partial charge in [-0.25, -0.2) is 13.1 Å². The summed E-state index contributed by atoms with van der Waals surface area (Å²) in [5.74, 6) is 0.477. The van der Waals surface area contributed by atoms with Gasteiger partial charge < -0.3 is 10.1 Å². The molecule has 0 spiro atoms. The third kappa shape index (κ3) is 5.86. The molecule has 2 rings (SSSR count). The van der Waals surface area contributed by atoms with Crippen LogP contribution in [-0.4, -0.2) is 33.5 Å². The van der Waals surface area contributed by atoms with Crippen molar-refractivity contribution in [3.63, 3.8) is 0 Å². The van der Waals surface area contributed by atoms with Crippen molar-refractivity contribution in [1.82, 2.24) is 10.0 Å². The molecular weight excluding hydrogens is 352 g/mol. The Morgan fingerprint density at radius 3 is 2.42 bits per heavy atom. The minimum atomic E-state index is -3.56. The molecule has 26 heavy (non-hydrogen) atoms. The quantitative estimate of drug-likeness (QED) is 0.693. The van der Waals surface area contributed by atoms with Gasteiger partial charge in [0.2, 0.25) is 10.0 Å². The average molecular weight is 376 g/mol. The first kappa shape index (κ1) is 19.9. The second kappa shape index (κ2) is 8.82. The Morgan fingerprint density at radius 2 is 1.81 bits per heavy atom. The third-order valence-electron chi connectivity index (χ3n) is 3.46. The fourth-order valence-electron chi connectivity index (χ4n) is 2.30. The van der Waals surface area contributed by atoms with Crippen molar-refractivity contribution in [2.45, 2.75) is 31.7 Å². The van der Waals surface area contributed by atoms with Gasteiger partial charge in [-0.1, -0.05) is 12.1 Å². The molecule has 0 saturated carbocycles. The van der Waals surface area contributed by atoms with Crippen molar-refractivity contribution in [3.8, 4) is 5.75 Å². The van der Waals surface area contributed by atoms with E-state index in [0.717, 1.165) is 11.3 Å². The van der Waals surface area contributed by atoms with Crippen LogP contribution in [0.25, 0.3) is 0 Å². The Hall–Kier alpha value is -2.38. The van der Waals surface area contributed by atoms with Gasteiger partial charge in [0, 0.05) is 11.6 Å². The molecule has 0 bridgehead atoms. The topological polar surface area (TPSA) is 84.5 Å². The number of rotatable bonds is 8. The van der Waals surface area contributed by atoms with Crippen LogP contribution in [0, 0.1) is 6.92 Å². The van der Waals surface area contributed by atoms with Gasteiger partial charge in [-0.15, -0.1) is 0 Å². The van der Waals surface area contributed by atoms with Crippen LogP contribution in [0.1, 0.15) is 29.8 Å². The maximum Gasteiger partial charge on any atom is 0.251 e. The van der Waals surface area contributed by atoms with Crippen LogP contribution in [0.3, 0.4) is 0 Å². The van der Waals surface area contributed by atoms with E-state index in [1.165, 1.54) is 24.3 Å². The summed E-state index contributed by atoms with van der Waals surface area (Å²) in [5, 5.41) is 2.75. The fourth-order valence-corrected chi connectivity index (χ4v) is 3.56. The molecule has 0 aliphatic rings. The zero-order valence-electron chi connectivity index (χ0n) is 15.2. The van der Waals surface area contributed by atoms with Gasteiger partial charge in [-0.3, -0.25) is 4.79 Å². The maximum atomic E-state index is 12.1. The van der Waals surface area contributed by atoms with Gasteiger partial charge in [0.15, 0.2) is 0 Å². The lowest BCUT2D eigenvalue weighted by Gasteiger charge is -2.10.